The van der Waals surface area contributed by atoms with Gasteiger partial charge in [0.15, 0.2) is 0 Å². The summed E-state index contributed by atoms with van der Waals surface area (Å²) in [4.78, 5) is 17.2. The molecule has 2 unspecified atom stereocenters. The maximum absolute atomic E-state index is 12.3. The number of rotatable bonds is 7. The lowest BCUT2D eigenvalue weighted by Crippen LogP contribution is -2.50. The number of phenolic OH excluding ortho intramolecular Hbond substituents is 1. The average Bonchev–Trinajstić information content (AvgIpc) is 2.76. The van der Waals surface area contributed by atoms with Crippen LogP contribution in [0.1, 0.15) is 63.0 Å². The first-order valence-electron chi connectivity index (χ1n) is 11.9. The minimum atomic E-state index is -0.366. The van der Waals surface area contributed by atoms with E-state index >= 15 is 0 Å². The fourth-order valence-corrected chi connectivity index (χ4v) is 5.85. The van der Waals surface area contributed by atoms with Crippen LogP contribution in [0.4, 0.5) is 0 Å². The molecular weight excluding hydrogens is 412 g/mol. The van der Waals surface area contributed by atoms with Crippen molar-refractivity contribution in [1.29, 1.82) is 0 Å². The maximum Gasteiger partial charge on any atom is 0.336 e. The molecule has 2 aromatic rings. The Hall–Kier alpha value is -1.56. The Balaban J connectivity index is 1.60. The van der Waals surface area contributed by atoms with Gasteiger partial charge in [-0.1, -0.05) is 31.4 Å². The number of fused-ring (bicyclic) bond motifs is 2. The first-order valence-corrected chi connectivity index (χ1v) is 12.3. The molecule has 0 spiro atoms. The molecule has 0 radical (unpaired) electrons. The van der Waals surface area contributed by atoms with Crippen LogP contribution in [0.25, 0.3) is 11.0 Å². The van der Waals surface area contributed by atoms with Crippen LogP contribution in [-0.4, -0.2) is 47.6 Å². The summed E-state index contributed by atoms with van der Waals surface area (Å²) in [6, 6.07) is 3.98. The average molecular weight is 447 g/mol. The van der Waals surface area contributed by atoms with Gasteiger partial charge in [0.05, 0.1) is 10.6 Å². The summed E-state index contributed by atoms with van der Waals surface area (Å²) in [6.45, 7) is 6.07. The largest absolute Gasteiger partial charge is 0.506 e. The molecule has 6 heteroatoms. The Kier molecular flexibility index (Phi) is 7.25. The fraction of sp³-hybridized carbons (Fsp3) is 0.640. The van der Waals surface area contributed by atoms with Crippen LogP contribution in [-0.2, 0) is 13.0 Å². The van der Waals surface area contributed by atoms with Gasteiger partial charge in [0.25, 0.3) is 0 Å². The summed E-state index contributed by atoms with van der Waals surface area (Å²) >= 11 is 6.41. The van der Waals surface area contributed by atoms with E-state index in [0.717, 1.165) is 36.8 Å². The topological polar surface area (TPSA) is 56.9 Å². The summed E-state index contributed by atoms with van der Waals surface area (Å²) < 4.78 is 5.62. The highest BCUT2D eigenvalue weighted by molar-refractivity contribution is 6.33. The number of aryl methyl sites for hydroxylation is 1. The van der Waals surface area contributed by atoms with E-state index in [9.17, 15) is 9.90 Å². The molecule has 2 aliphatic heterocycles. The Morgan fingerprint density at radius 1 is 1.23 bits per heavy atom. The van der Waals surface area contributed by atoms with Gasteiger partial charge in [0, 0.05) is 30.6 Å². The van der Waals surface area contributed by atoms with Gasteiger partial charge in [-0.25, -0.2) is 4.79 Å². The minimum absolute atomic E-state index is 0.0275. The summed E-state index contributed by atoms with van der Waals surface area (Å²) in [5, 5.41) is 11.9. The van der Waals surface area contributed by atoms with Crippen LogP contribution in [0.2, 0.25) is 5.02 Å². The summed E-state index contributed by atoms with van der Waals surface area (Å²) in [5.41, 5.74) is 1.69. The van der Waals surface area contributed by atoms with Gasteiger partial charge in [-0.05, 0) is 76.2 Å². The van der Waals surface area contributed by atoms with E-state index in [0.29, 0.717) is 34.7 Å². The molecule has 170 valence electrons. The second-order valence-corrected chi connectivity index (χ2v) is 9.86. The van der Waals surface area contributed by atoms with Crippen LogP contribution in [0.15, 0.2) is 21.3 Å². The van der Waals surface area contributed by atoms with Gasteiger partial charge in [-0.2, -0.15) is 0 Å². The van der Waals surface area contributed by atoms with Crippen molar-refractivity contribution in [3.63, 3.8) is 0 Å². The van der Waals surface area contributed by atoms with Gasteiger partial charge in [-0.15, -0.1) is 0 Å². The molecule has 1 aromatic carbocycles. The number of piperidine rings is 2. The Morgan fingerprint density at radius 2 is 2.03 bits per heavy atom. The van der Waals surface area contributed by atoms with Crippen LogP contribution < -0.4 is 5.63 Å². The van der Waals surface area contributed by atoms with Crippen LogP contribution in [0.5, 0.6) is 5.75 Å². The van der Waals surface area contributed by atoms with Crippen molar-refractivity contribution >= 4 is 22.6 Å². The molecule has 31 heavy (non-hydrogen) atoms. The number of unbranched alkanes of at least 4 members (excludes halogenated alkanes) is 1. The molecule has 2 atom stereocenters. The highest BCUT2D eigenvalue weighted by atomic mass is 35.5. The van der Waals surface area contributed by atoms with E-state index in [1.807, 2.05) is 0 Å². The van der Waals surface area contributed by atoms with Crippen LogP contribution >= 0.6 is 11.6 Å². The number of halogens is 1. The Bertz CT molecular complexity index is 971. The molecule has 2 saturated heterocycles. The maximum atomic E-state index is 12.3. The summed E-state index contributed by atoms with van der Waals surface area (Å²) in [6.07, 6.45) is 9.29. The molecule has 1 aromatic heterocycles. The zero-order chi connectivity index (χ0) is 22.0. The van der Waals surface area contributed by atoms with Gasteiger partial charge in [0.1, 0.15) is 11.3 Å². The van der Waals surface area contributed by atoms with Gasteiger partial charge < -0.3 is 19.3 Å². The van der Waals surface area contributed by atoms with Crippen molar-refractivity contribution in [3.8, 4) is 5.75 Å². The lowest BCUT2D eigenvalue weighted by Gasteiger charge is -2.45. The predicted octanol–water partition coefficient (Wildman–Crippen LogP) is 5.19. The van der Waals surface area contributed by atoms with Crippen molar-refractivity contribution < 1.29 is 9.52 Å². The minimum Gasteiger partial charge on any atom is -0.506 e. The highest BCUT2D eigenvalue weighted by Gasteiger charge is 2.33. The lowest BCUT2D eigenvalue weighted by molar-refractivity contribution is 0.0434. The first-order chi connectivity index (χ1) is 15.0. The molecule has 4 rings (SSSR count). The third-order valence-electron chi connectivity index (χ3n) is 7.15. The van der Waals surface area contributed by atoms with E-state index in [4.69, 9.17) is 16.0 Å². The first kappa shape index (κ1) is 22.6. The van der Waals surface area contributed by atoms with E-state index in [-0.39, 0.29) is 11.4 Å². The second-order valence-electron chi connectivity index (χ2n) is 9.45. The molecule has 2 fully saturated rings. The Morgan fingerprint density at radius 3 is 2.84 bits per heavy atom. The van der Waals surface area contributed by atoms with E-state index in [1.165, 1.54) is 45.2 Å². The number of nitrogens with zero attached hydrogens (tertiary/aromatic N) is 2. The van der Waals surface area contributed by atoms with E-state index in [2.05, 4.69) is 23.8 Å². The van der Waals surface area contributed by atoms with Gasteiger partial charge >= 0.3 is 5.63 Å². The fourth-order valence-electron chi connectivity index (χ4n) is 5.63. The van der Waals surface area contributed by atoms with Crippen molar-refractivity contribution in [2.24, 2.45) is 5.92 Å². The molecular formula is C25H35ClN2O3. The molecule has 0 aliphatic carbocycles. The predicted molar refractivity (Wildman–Crippen MR) is 126 cm³/mol. The van der Waals surface area contributed by atoms with Crippen molar-refractivity contribution in [1.82, 2.24) is 9.80 Å². The van der Waals surface area contributed by atoms with E-state index in [1.54, 1.807) is 12.1 Å². The monoisotopic (exact) mass is 446 g/mol. The molecule has 0 amide bonds. The third-order valence-corrected chi connectivity index (χ3v) is 7.43. The Labute approximate surface area is 190 Å². The summed E-state index contributed by atoms with van der Waals surface area (Å²) in [7, 11) is 2.09. The summed E-state index contributed by atoms with van der Waals surface area (Å²) in [5.74, 6) is 0.665. The number of phenols is 1. The smallest absolute Gasteiger partial charge is 0.336 e. The normalized spacial score (nSPS) is 22.2. The number of hydrogen-bond acceptors (Lipinski definition) is 5. The van der Waals surface area contributed by atoms with Crippen LogP contribution in [0, 0.1) is 5.92 Å². The molecule has 3 heterocycles. The van der Waals surface area contributed by atoms with Crippen molar-refractivity contribution in [2.75, 3.05) is 26.7 Å². The van der Waals surface area contributed by atoms with Crippen molar-refractivity contribution in [2.45, 2.75) is 70.9 Å². The number of benzene rings is 1. The van der Waals surface area contributed by atoms with Crippen molar-refractivity contribution in [3.05, 3.63) is 38.7 Å². The van der Waals surface area contributed by atoms with E-state index < -0.39 is 0 Å². The highest BCUT2D eigenvalue weighted by Crippen LogP contribution is 2.37. The molecule has 2 aliphatic rings. The van der Waals surface area contributed by atoms with Gasteiger partial charge in [0.2, 0.25) is 0 Å². The molecule has 0 saturated carbocycles. The zero-order valence-electron chi connectivity index (χ0n) is 18.8. The SMILES string of the molecule is CCCCc1cc(=O)oc2c(CN(C)CC3CCCN4CCCCC34)c(O)c(Cl)cc12. The molecule has 1 N–H and O–H groups in total. The van der Waals surface area contributed by atoms with Gasteiger partial charge in [-0.3, -0.25) is 0 Å². The second kappa shape index (κ2) is 9.93. The number of aromatic hydroxyl groups is 1. The zero-order valence-corrected chi connectivity index (χ0v) is 19.6. The quantitative estimate of drug-likeness (QED) is 0.593. The number of hydrogen-bond donors (Lipinski definition) is 1. The standard InChI is InChI=1S/C25H35ClN2O3/c1-3-4-8-17-13-23(29)31-25-19(17)14-21(26)24(30)20(25)16-27(2)15-18-9-7-12-28-11-6-5-10-22(18)28/h13-14,18,22,30H,3-12,15-16H2,1-2H3. The molecule has 5 nitrogen and oxygen atoms in total. The van der Waals surface area contributed by atoms with Crippen LogP contribution in [0.3, 0.4) is 0 Å². The third kappa shape index (κ3) is 4.94. The molecule has 0 bridgehead atoms. The lowest BCUT2D eigenvalue weighted by atomic mass is 9.83.